The minimum Gasteiger partial charge on any atom is -0.431 e. The number of nitrogens with zero attached hydrogens (tertiary/aromatic N) is 1. The van der Waals surface area contributed by atoms with Crippen LogP contribution >= 0.6 is 11.8 Å². The molecule has 1 fully saturated rings. The van der Waals surface area contributed by atoms with E-state index in [-0.39, 0.29) is 12.0 Å². The molecule has 1 aromatic heterocycles. The fourth-order valence-electron chi connectivity index (χ4n) is 2.12. The molecule has 0 atom stereocenters. The van der Waals surface area contributed by atoms with Crippen LogP contribution in [0.2, 0.25) is 0 Å². The van der Waals surface area contributed by atoms with Gasteiger partial charge in [-0.3, -0.25) is 4.98 Å². The maximum Gasteiger partial charge on any atom is 0.509 e. The summed E-state index contributed by atoms with van der Waals surface area (Å²) in [6.45, 7) is 1.98. The standard InChI is InChI=1S/C14H19NO3S/c1-11-9-15-8-7-13(11)19-10-17-14(16)18-12-5-3-2-4-6-12/h7-9,12H,2-6,10H2,1H3. The summed E-state index contributed by atoms with van der Waals surface area (Å²) in [6, 6.07) is 1.91. The minimum absolute atomic E-state index is 0.0499. The molecule has 104 valence electrons. The number of pyridine rings is 1. The first-order chi connectivity index (χ1) is 9.25. The number of hydrogen-bond acceptors (Lipinski definition) is 5. The van der Waals surface area contributed by atoms with Crippen LogP contribution in [0, 0.1) is 6.92 Å². The second-order valence-electron chi connectivity index (χ2n) is 4.68. The molecule has 0 amide bonds. The average Bonchev–Trinajstić information content (AvgIpc) is 2.42. The van der Waals surface area contributed by atoms with Crippen LogP contribution in [0.5, 0.6) is 0 Å². The Balaban J connectivity index is 1.67. The Morgan fingerprint density at radius 3 is 2.95 bits per heavy atom. The zero-order valence-corrected chi connectivity index (χ0v) is 11.9. The van der Waals surface area contributed by atoms with Gasteiger partial charge in [0.1, 0.15) is 12.0 Å². The molecule has 1 aliphatic rings. The van der Waals surface area contributed by atoms with Gasteiger partial charge < -0.3 is 9.47 Å². The van der Waals surface area contributed by atoms with Gasteiger partial charge in [-0.1, -0.05) is 18.2 Å². The van der Waals surface area contributed by atoms with Crippen LogP contribution in [-0.2, 0) is 9.47 Å². The van der Waals surface area contributed by atoms with Gasteiger partial charge in [0.15, 0.2) is 0 Å². The van der Waals surface area contributed by atoms with Crippen LogP contribution < -0.4 is 0 Å². The lowest BCUT2D eigenvalue weighted by Gasteiger charge is -2.21. The number of aromatic nitrogens is 1. The van der Waals surface area contributed by atoms with E-state index in [1.807, 2.05) is 13.0 Å². The molecule has 1 saturated carbocycles. The Hall–Kier alpha value is -1.23. The third-order valence-corrected chi connectivity index (χ3v) is 4.18. The van der Waals surface area contributed by atoms with Crippen molar-refractivity contribution in [3.8, 4) is 0 Å². The number of ether oxygens (including phenoxy) is 2. The van der Waals surface area contributed by atoms with E-state index < -0.39 is 6.16 Å². The summed E-state index contributed by atoms with van der Waals surface area (Å²) >= 11 is 1.47. The highest BCUT2D eigenvalue weighted by Crippen LogP contribution is 2.23. The quantitative estimate of drug-likeness (QED) is 0.475. The van der Waals surface area contributed by atoms with Crippen LogP contribution in [0.15, 0.2) is 23.4 Å². The van der Waals surface area contributed by atoms with Crippen molar-refractivity contribution < 1.29 is 14.3 Å². The summed E-state index contributed by atoms with van der Waals surface area (Å²) in [7, 11) is 0. The Kier molecular flexibility index (Phi) is 5.51. The van der Waals surface area contributed by atoms with Crippen molar-refractivity contribution in [2.75, 3.05) is 5.94 Å². The van der Waals surface area contributed by atoms with Crippen molar-refractivity contribution in [3.05, 3.63) is 24.0 Å². The molecule has 0 aromatic carbocycles. The molecule has 0 aliphatic heterocycles. The zero-order valence-electron chi connectivity index (χ0n) is 11.1. The Morgan fingerprint density at radius 1 is 1.42 bits per heavy atom. The monoisotopic (exact) mass is 281 g/mol. The van der Waals surface area contributed by atoms with Crippen molar-refractivity contribution in [1.82, 2.24) is 4.98 Å². The van der Waals surface area contributed by atoms with Crippen molar-refractivity contribution in [3.63, 3.8) is 0 Å². The highest BCUT2D eigenvalue weighted by Gasteiger charge is 2.18. The molecule has 0 unspecified atom stereocenters. The average molecular weight is 281 g/mol. The molecule has 4 nitrogen and oxygen atoms in total. The Morgan fingerprint density at radius 2 is 2.21 bits per heavy atom. The smallest absolute Gasteiger partial charge is 0.431 e. The molecular weight excluding hydrogens is 262 g/mol. The number of carbonyl (C=O) groups excluding carboxylic acids is 1. The van der Waals surface area contributed by atoms with Gasteiger partial charge in [0.05, 0.1) is 0 Å². The third kappa shape index (κ3) is 4.74. The van der Waals surface area contributed by atoms with Gasteiger partial charge in [-0.15, -0.1) is 0 Å². The lowest BCUT2D eigenvalue weighted by Crippen LogP contribution is -2.21. The predicted molar refractivity (Wildman–Crippen MR) is 74.1 cm³/mol. The summed E-state index contributed by atoms with van der Waals surface area (Å²) in [5.41, 5.74) is 1.08. The van der Waals surface area contributed by atoms with E-state index in [0.29, 0.717) is 0 Å². The van der Waals surface area contributed by atoms with Gasteiger partial charge in [0.25, 0.3) is 0 Å². The maximum absolute atomic E-state index is 11.5. The topological polar surface area (TPSA) is 48.4 Å². The largest absolute Gasteiger partial charge is 0.509 e. The van der Waals surface area contributed by atoms with Gasteiger partial charge in [-0.25, -0.2) is 4.79 Å². The van der Waals surface area contributed by atoms with Crippen molar-refractivity contribution in [2.24, 2.45) is 0 Å². The molecule has 5 heteroatoms. The molecule has 1 aromatic rings. The van der Waals surface area contributed by atoms with Crippen molar-refractivity contribution in [1.29, 1.82) is 0 Å². The first-order valence-electron chi connectivity index (χ1n) is 6.62. The van der Waals surface area contributed by atoms with E-state index >= 15 is 0 Å². The predicted octanol–water partition coefficient (Wildman–Crippen LogP) is 3.93. The molecule has 0 radical (unpaired) electrons. The number of rotatable bonds is 4. The van der Waals surface area contributed by atoms with Crippen LogP contribution in [0.25, 0.3) is 0 Å². The van der Waals surface area contributed by atoms with Gasteiger partial charge in [0, 0.05) is 17.3 Å². The van der Waals surface area contributed by atoms with Gasteiger partial charge in [-0.2, -0.15) is 0 Å². The first kappa shape index (κ1) is 14.2. The first-order valence-corrected chi connectivity index (χ1v) is 7.61. The van der Waals surface area contributed by atoms with Gasteiger partial charge in [-0.05, 0) is 44.2 Å². The molecule has 19 heavy (non-hydrogen) atoms. The fourth-order valence-corrected chi connectivity index (χ4v) is 2.84. The molecule has 0 spiro atoms. The highest BCUT2D eigenvalue weighted by molar-refractivity contribution is 7.99. The van der Waals surface area contributed by atoms with E-state index in [4.69, 9.17) is 9.47 Å². The van der Waals surface area contributed by atoms with Crippen molar-refractivity contribution >= 4 is 17.9 Å². The normalized spacial score (nSPS) is 16.1. The zero-order chi connectivity index (χ0) is 13.5. The summed E-state index contributed by atoms with van der Waals surface area (Å²) in [5, 5.41) is 0. The van der Waals surface area contributed by atoms with Crippen LogP contribution in [0.1, 0.15) is 37.7 Å². The fraction of sp³-hybridized carbons (Fsp3) is 0.571. The van der Waals surface area contributed by atoms with Crippen LogP contribution in [0.4, 0.5) is 4.79 Å². The second kappa shape index (κ2) is 7.38. The summed E-state index contributed by atoms with van der Waals surface area (Å²) < 4.78 is 10.4. The highest BCUT2D eigenvalue weighted by atomic mass is 32.2. The second-order valence-corrected chi connectivity index (χ2v) is 5.64. The lowest BCUT2D eigenvalue weighted by atomic mass is 9.98. The third-order valence-electron chi connectivity index (χ3n) is 3.18. The maximum atomic E-state index is 11.5. The van der Waals surface area contributed by atoms with E-state index in [0.717, 1.165) is 36.1 Å². The van der Waals surface area contributed by atoms with E-state index in [1.165, 1.54) is 18.2 Å². The molecular formula is C14H19NO3S. The number of aryl methyl sites for hydroxylation is 1. The number of thioether (sulfide) groups is 1. The molecule has 1 heterocycles. The van der Waals surface area contributed by atoms with Crippen molar-refractivity contribution in [2.45, 2.75) is 50.0 Å². The summed E-state index contributed by atoms with van der Waals surface area (Å²) in [5.74, 6) is 0.274. The molecule has 0 N–H and O–H groups in total. The molecule has 0 bridgehead atoms. The van der Waals surface area contributed by atoms with Crippen LogP contribution in [0.3, 0.4) is 0 Å². The lowest BCUT2D eigenvalue weighted by molar-refractivity contribution is 0.0203. The SMILES string of the molecule is Cc1cnccc1SCOC(=O)OC1CCCCC1. The minimum atomic E-state index is -0.550. The molecule has 1 aliphatic carbocycles. The van der Waals surface area contributed by atoms with E-state index in [1.54, 1.807) is 12.4 Å². The Bertz CT molecular complexity index is 419. The summed E-state index contributed by atoms with van der Waals surface area (Å²) in [4.78, 5) is 16.6. The molecule has 2 rings (SSSR count). The number of carbonyl (C=O) groups is 1. The van der Waals surface area contributed by atoms with Crippen LogP contribution in [-0.4, -0.2) is 23.2 Å². The Labute approximate surface area is 117 Å². The molecule has 0 saturated heterocycles. The summed E-state index contributed by atoms with van der Waals surface area (Å²) in [6.07, 6.45) is 8.48. The van der Waals surface area contributed by atoms with E-state index in [2.05, 4.69) is 4.98 Å². The van der Waals surface area contributed by atoms with E-state index in [9.17, 15) is 4.79 Å². The number of hydrogen-bond donors (Lipinski definition) is 0. The van der Waals surface area contributed by atoms with Gasteiger partial charge in [0.2, 0.25) is 0 Å². The van der Waals surface area contributed by atoms with Gasteiger partial charge >= 0.3 is 6.16 Å².